The van der Waals surface area contributed by atoms with Crippen molar-refractivity contribution in [2.24, 2.45) is 5.92 Å². The molecule has 0 aliphatic carbocycles. The molecule has 0 aliphatic rings. The molecule has 0 heterocycles. The van der Waals surface area contributed by atoms with Gasteiger partial charge in [-0.25, -0.2) is 0 Å². The molecule has 2 heteroatoms. The molecule has 0 radical (unpaired) electrons. The smallest absolute Gasteiger partial charge is 0.343 e. The van der Waals surface area contributed by atoms with Crippen molar-refractivity contribution in [1.29, 1.82) is 0 Å². The van der Waals surface area contributed by atoms with Crippen molar-refractivity contribution < 1.29 is 18.9 Å². The van der Waals surface area contributed by atoms with E-state index in [-0.39, 0.29) is 35.8 Å². The molecular weight excluding hydrogens is 147 g/mol. The predicted octanol–water partition coefficient (Wildman–Crippen LogP) is -0.552. The van der Waals surface area contributed by atoms with Crippen molar-refractivity contribution in [2.45, 2.75) is 20.3 Å². The molecule has 0 spiro atoms. The summed E-state index contributed by atoms with van der Waals surface area (Å²) in [4.78, 5) is 0. The van der Waals surface area contributed by atoms with Crippen LogP contribution in [0.5, 0.6) is 0 Å². The van der Waals surface area contributed by atoms with Gasteiger partial charge < -0.3 is 6.92 Å². The molecule has 0 fully saturated rings. The normalized spacial score (nSPS) is 6.86. The summed E-state index contributed by atoms with van der Waals surface area (Å²) in [5, 5.41) is 0. The molecule has 0 aromatic carbocycles. The number of rotatable bonds is 1. The first-order valence-corrected chi connectivity index (χ1v) is 2.06. The first kappa shape index (κ1) is 15.7. The van der Waals surface area contributed by atoms with Crippen LogP contribution in [0.15, 0.2) is 0 Å². The fourth-order valence-corrected chi connectivity index (χ4v) is 0. The van der Waals surface area contributed by atoms with Crippen LogP contribution in [0.3, 0.4) is 0 Å². The molecule has 40 valence electrons. The quantitative estimate of drug-likeness (QED) is 0.355. The molecule has 0 aromatic heterocycles. The Bertz CT molecular complexity index is 22.0. The van der Waals surface area contributed by atoms with Crippen molar-refractivity contribution in [1.82, 2.24) is 0 Å². The van der Waals surface area contributed by atoms with E-state index in [0.29, 0.717) is 0 Å². The monoisotopic (exact) mass is 158 g/mol. The van der Waals surface area contributed by atoms with E-state index >= 15 is 0 Å². The summed E-state index contributed by atoms with van der Waals surface area (Å²) >= 11 is 0. The van der Waals surface area contributed by atoms with Gasteiger partial charge in [0.15, 0.2) is 0 Å². The van der Waals surface area contributed by atoms with E-state index in [1.807, 2.05) is 0 Å². The minimum absolute atomic E-state index is 0. The molecule has 0 N–H and O–H groups in total. The van der Waals surface area contributed by atoms with Gasteiger partial charge in [0.25, 0.3) is 0 Å². The van der Waals surface area contributed by atoms with Crippen molar-refractivity contribution in [3.05, 3.63) is 6.92 Å². The second kappa shape index (κ2) is 10.1. The second-order valence-electron chi connectivity index (χ2n) is 1.68. The average Bonchev–Trinajstić information content (AvgIpc) is 1.38. The summed E-state index contributed by atoms with van der Waals surface area (Å²) < 4.78 is 0. The molecule has 7 heavy (non-hydrogen) atoms. The van der Waals surface area contributed by atoms with E-state index in [2.05, 4.69) is 20.8 Å². The van der Waals surface area contributed by atoms with Gasteiger partial charge in [-0.2, -0.15) is 6.42 Å². The molecule has 0 amide bonds. The SMILES string of the molecule is Br.[CH2-]CC(C)C.[Li+]. The Kier molecular flexibility index (Phi) is 22.7. The van der Waals surface area contributed by atoms with Crippen LogP contribution in [0.1, 0.15) is 20.3 Å². The first-order valence-electron chi connectivity index (χ1n) is 2.06. The second-order valence-corrected chi connectivity index (χ2v) is 1.68. The van der Waals surface area contributed by atoms with E-state index in [9.17, 15) is 0 Å². The molecule has 0 aliphatic heterocycles. The molecule has 0 aromatic rings. The number of hydrogen-bond acceptors (Lipinski definition) is 0. The average molecular weight is 159 g/mol. The Morgan fingerprint density at radius 3 is 1.57 bits per heavy atom. The van der Waals surface area contributed by atoms with Crippen LogP contribution in [0, 0.1) is 12.8 Å². The van der Waals surface area contributed by atoms with Crippen LogP contribution in [0.4, 0.5) is 0 Å². The number of hydrogen-bond donors (Lipinski definition) is 0. The predicted molar refractivity (Wildman–Crippen MR) is 35.1 cm³/mol. The summed E-state index contributed by atoms with van der Waals surface area (Å²) in [6.45, 7) is 8.00. The maximum atomic E-state index is 3.69. The van der Waals surface area contributed by atoms with Gasteiger partial charge in [-0.1, -0.05) is 19.8 Å². The molecule has 0 unspecified atom stereocenters. The van der Waals surface area contributed by atoms with Crippen molar-refractivity contribution in [3.63, 3.8) is 0 Å². The van der Waals surface area contributed by atoms with Crippen molar-refractivity contribution in [3.8, 4) is 0 Å². The Hall–Kier alpha value is 1.08. The summed E-state index contributed by atoms with van der Waals surface area (Å²) in [7, 11) is 0. The van der Waals surface area contributed by atoms with Gasteiger partial charge in [0.2, 0.25) is 0 Å². The third-order valence-corrected chi connectivity index (χ3v) is 0.577. The minimum Gasteiger partial charge on any atom is -0.343 e. The molecule has 0 rings (SSSR count). The van der Waals surface area contributed by atoms with E-state index < -0.39 is 0 Å². The van der Waals surface area contributed by atoms with Crippen LogP contribution < -0.4 is 18.9 Å². The zero-order valence-electron chi connectivity index (χ0n) is 5.40. The zero-order valence-corrected chi connectivity index (χ0v) is 7.11. The molecule has 0 saturated carbocycles. The van der Waals surface area contributed by atoms with Gasteiger partial charge in [0.1, 0.15) is 0 Å². The van der Waals surface area contributed by atoms with Crippen LogP contribution >= 0.6 is 17.0 Å². The van der Waals surface area contributed by atoms with Crippen LogP contribution in [0.25, 0.3) is 0 Å². The van der Waals surface area contributed by atoms with Crippen LogP contribution in [-0.4, -0.2) is 0 Å². The maximum absolute atomic E-state index is 3.69. The summed E-state index contributed by atoms with van der Waals surface area (Å²) in [5.41, 5.74) is 0. The van der Waals surface area contributed by atoms with Gasteiger partial charge >= 0.3 is 18.9 Å². The Balaban J connectivity index is -0.0000000800. The molecule has 0 atom stereocenters. The van der Waals surface area contributed by atoms with E-state index in [4.69, 9.17) is 0 Å². The van der Waals surface area contributed by atoms with Gasteiger partial charge in [0, 0.05) is 0 Å². The molecular formula is C5H12BrLi. The fourth-order valence-electron chi connectivity index (χ4n) is 0. The molecule has 0 nitrogen and oxygen atoms in total. The molecule has 0 bridgehead atoms. The largest absolute Gasteiger partial charge is 1.00 e. The Morgan fingerprint density at radius 1 is 1.43 bits per heavy atom. The Morgan fingerprint density at radius 2 is 1.57 bits per heavy atom. The summed E-state index contributed by atoms with van der Waals surface area (Å²) in [6, 6.07) is 0. The van der Waals surface area contributed by atoms with Crippen molar-refractivity contribution in [2.75, 3.05) is 0 Å². The maximum Gasteiger partial charge on any atom is 1.00 e. The summed E-state index contributed by atoms with van der Waals surface area (Å²) in [6.07, 6.45) is 1.06. The zero-order chi connectivity index (χ0) is 4.28. The molecule has 0 saturated heterocycles. The fraction of sp³-hybridized carbons (Fsp3) is 0.800. The Labute approximate surface area is 69.0 Å². The third-order valence-electron chi connectivity index (χ3n) is 0.577. The van der Waals surface area contributed by atoms with Crippen LogP contribution in [-0.2, 0) is 0 Å². The first-order chi connectivity index (χ1) is 2.27. The van der Waals surface area contributed by atoms with Crippen LogP contribution in [0.2, 0.25) is 0 Å². The summed E-state index contributed by atoms with van der Waals surface area (Å²) in [5.74, 6) is 0.773. The van der Waals surface area contributed by atoms with E-state index in [1.54, 1.807) is 0 Å². The van der Waals surface area contributed by atoms with Gasteiger partial charge in [0.05, 0.1) is 0 Å². The van der Waals surface area contributed by atoms with E-state index in [0.717, 1.165) is 12.3 Å². The minimum atomic E-state index is 0. The van der Waals surface area contributed by atoms with Crippen molar-refractivity contribution >= 4 is 17.0 Å². The standard InChI is InChI=1S/C5H11.BrH.Li/c1-4-5(2)3;;/h5H,1,4H2,2-3H3;1H;/q-1;;+1. The number of halogens is 1. The van der Waals surface area contributed by atoms with Gasteiger partial charge in [-0.15, -0.1) is 17.0 Å². The van der Waals surface area contributed by atoms with Gasteiger partial charge in [-0.05, 0) is 0 Å². The van der Waals surface area contributed by atoms with Gasteiger partial charge in [-0.3, -0.25) is 0 Å². The third kappa shape index (κ3) is 19.3. The van der Waals surface area contributed by atoms with E-state index in [1.165, 1.54) is 0 Å². The topological polar surface area (TPSA) is 0 Å².